The maximum absolute atomic E-state index is 13.4. The number of rotatable bonds is 4. The Morgan fingerprint density at radius 3 is 1.59 bits per heavy atom. The number of fused-ring (bicyclic) bond motifs is 2. The Bertz CT molecular complexity index is 1230. The molecule has 4 rings (SSSR count). The van der Waals surface area contributed by atoms with Crippen molar-refractivity contribution in [1.29, 1.82) is 0 Å². The maximum atomic E-state index is 13.4. The molecule has 0 aliphatic carbocycles. The summed E-state index contributed by atoms with van der Waals surface area (Å²) < 4.78 is 26.8. The van der Waals surface area contributed by atoms with Crippen LogP contribution in [0.3, 0.4) is 0 Å². The summed E-state index contributed by atoms with van der Waals surface area (Å²) in [6.45, 7) is 1.17. The van der Waals surface area contributed by atoms with Crippen molar-refractivity contribution in [2.24, 2.45) is 5.90 Å². The topological polar surface area (TPSA) is 146 Å². The zero-order valence-electron chi connectivity index (χ0n) is 16.4. The largest absolute Gasteiger partial charge is 0.360 e. The molecule has 0 amide bonds. The molecule has 0 saturated carbocycles. The second-order valence-corrected chi connectivity index (χ2v) is 6.56. The molecule has 0 aliphatic rings. The Morgan fingerprint density at radius 1 is 0.812 bits per heavy atom. The molecule has 2 aromatic heterocycles. The van der Waals surface area contributed by atoms with Crippen LogP contribution in [-0.2, 0) is 9.59 Å². The van der Waals surface area contributed by atoms with Gasteiger partial charge in [0.05, 0.1) is 11.1 Å². The van der Waals surface area contributed by atoms with Crippen molar-refractivity contribution in [2.75, 3.05) is 0 Å². The molecular formula is C21H16ClF2N3O5. The lowest BCUT2D eigenvalue weighted by Gasteiger charge is -1.95. The fraction of sp³-hybridized carbons (Fsp3) is 0.0476. The van der Waals surface area contributed by atoms with E-state index in [1.807, 2.05) is 0 Å². The van der Waals surface area contributed by atoms with E-state index in [4.69, 9.17) is 16.8 Å². The summed E-state index contributed by atoms with van der Waals surface area (Å²) in [5.74, 6) is 0.256. The van der Waals surface area contributed by atoms with E-state index in [-0.39, 0.29) is 21.9 Å². The van der Waals surface area contributed by atoms with E-state index in [1.54, 1.807) is 12.1 Å². The fourth-order valence-electron chi connectivity index (χ4n) is 2.93. The van der Waals surface area contributed by atoms with E-state index in [2.05, 4.69) is 15.9 Å². The molecule has 0 bridgehead atoms. The van der Waals surface area contributed by atoms with Gasteiger partial charge in [0.15, 0.2) is 5.78 Å². The van der Waals surface area contributed by atoms with Crippen molar-refractivity contribution in [3.8, 4) is 0 Å². The SMILES string of the molecule is CC(=O)C(=O)c1c[nH]c2cccc(F)c12.NO.O=C(Cl)C(=O)c1c[nH]c2cccc(F)c12. The molecule has 4 aromatic rings. The number of carbonyl (C=O) groups excluding carboxylic acids is 4. The van der Waals surface area contributed by atoms with Crippen molar-refractivity contribution >= 4 is 56.0 Å². The monoisotopic (exact) mass is 463 g/mol. The van der Waals surface area contributed by atoms with Crippen molar-refractivity contribution in [3.05, 3.63) is 71.6 Å². The predicted octanol–water partition coefficient (Wildman–Crippen LogP) is 3.67. The van der Waals surface area contributed by atoms with Crippen LogP contribution >= 0.6 is 11.6 Å². The number of nitrogens with one attached hydrogen (secondary N) is 2. The Morgan fingerprint density at radius 2 is 1.22 bits per heavy atom. The molecule has 11 heteroatoms. The van der Waals surface area contributed by atoms with Crippen LogP contribution in [0.25, 0.3) is 21.8 Å². The van der Waals surface area contributed by atoms with Gasteiger partial charge in [-0.15, -0.1) is 0 Å². The van der Waals surface area contributed by atoms with Crippen molar-refractivity contribution < 1.29 is 33.2 Å². The van der Waals surface area contributed by atoms with E-state index < -0.39 is 34.2 Å². The molecule has 32 heavy (non-hydrogen) atoms. The summed E-state index contributed by atoms with van der Waals surface area (Å²) >= 11 is 5.05. The first kappa shape index (κ1) is 24.5. The smallest absolute Gasteiger partial charge is 0.293 e. The molecule has 2 aromatic carbocycles. The fourth-order valence-corrected chi connectivity index (χ4v) is 3.04. The van der Waals surface area contributed by atoms with Gasteiger partial charge in [-0.3, -0.25) is 19.2 Å². The van der Waals surface area contributed by atoms with Crippen molar-refractivity contribution in [3.63, 3.8) is 0 Å². The molecule has 0 saturated heterocycles. The molecule has 5 N–H and O–H groups in total. The second-order valence-electron chi connectivity index (χ2n) is 6.22. The van der Waals surface area contributed by atoms with Crippen LogP contribution < -0.4 is 5.90 Å². The third-order valence-corrected chi connectivity index (χ3v) is 4.47. The van der Waals surface area contributed by atoms with Gasteiger partial charge in [0.2, 0.25) is 11.6 Å². The lowest BCUT2D eigenvalue weighted by atomic mass is 10.1. The number of carbonyl (C=O) groups is 4. The number of aromatic nitrogens is 2. The Kier molecular flexibility index (Phi) is 8.08. The van der Waals surface area contributed by atoms with Gasteiger partial charge < -0.3 is 15.2 Å². The number of nitrogens with two attached hydrogens (primary N) is 1. The summed E-state index contributed by atoms with van der Waals surface area (Å²) in [4.78, 5) is 49.8. The molecule has 2 heterocycles. The molecule has 0 aliphatic heterocycles. The number of halogens is 3. The highest BCUT2D eigenvalue weighted by atomic mass is 35.5. The number of aromatic amines is 2. The van der Waals surface area contributed by atoms with Gasteiger partial charge in [-0.2, -0.15) is 0 Å². The number of hydrogen-bond acceptors (Lipinski definition) is 6. The van der Waals surface area contributed by atoms with Crippen LogP contribution in [0, 0.1) is 11.6 Å². The van der Waals surface area contributed by atoms with Gasteiger partial charge in [-0.25, -0.2) is 14.7 Å². The number of H-pyrrole nitrogens is 2. The summed E-state index contributed by atoms with van der Waals surface area (Å²) in [5, 5.41) is 5.65. The predicted molar refractivity (Wildman–Crippen MR) is 113 cm³/mol. The van der Waals surface area contributed by atoms with E-state index in [0.29, 0.717) is 11.0 Å². The van der Waals surface area contributed by atoms with Crippen LogP contribution in [0.15, 0.2) is 48.8 Å². The summed E-state index contributed by atoms with van der Waals surface area (Å²) in [7, 11) is 0. The first-order valence-electron chi connectivity index (χ1n) is 8.78. The summed E-state index contributed by atoms with van der Waals surface area (Å²) in [6, 6.07) is 8.77. The Hall–Kier alpha value is -3.73. The molecular weight excluding hydrogens is 448 g/mol. The van der Waals surface area contributed by atoms with Crippen molar-refractivity contribution in [1.82, 2.24) is 9.97 Å². The highest BCUT2D eigenvalue weighted by Crippen LogP contribution is 2.23. The van der Waals surface area contributed by atoms with E-state index >= 15 is 0 Å². The minimum atomic E-state index is -1.13. The molecule has 166 valence electrons. The maximum Gasteiger partial charge on any atom is 0.293 e. The summed E-state index contributed by atoms with van der Waals surface area (Å²) in [6.07, 6.45) is 2.63. The number of benzene rings is 2. The van der Waals surface area contributed by atoms with Crippen LogP contribution in [0.5, 0.6) is 0 Å². The van der Waals surface area contributed by atoms with E-state index in [0.717, 1.165) is 0 Å². The second kappa shape index (κ2) is 10.5. The zero-order valence-corrected chi connectivity index (χ0v) is 17.2. The van der Waals surface area contributed by atoms with Gasteiger partial charge in [-0.05, 0) is 35.9 Å². The Labute approximate surface area is 183 Å². The van der Waals surface area contributed by atoms with Gasteiger partial charge in [0.1, 0.15) is 11.6 Å². The third kappa shape index (κ3) is 4.94. The average molecular weight is 464 g/mol. The summed E-state index contributed by atoms with van der Waals surface area (Å²) in [5.41, 5.74) is 1.02. The molecule has 0 radical (unpaired) electrons. The standard InChI is InChI=1S/C11H8FNO2.C10H5ClFNO2.H3NO/c1-6(14)11(15)7-5-13-9-4-2-3-8(12)10(7)9;11-10(15)9(14)5-4-13-7-3-1-2-6(12)8(5)7;1-2/h2-5,13H,1H3;1-4,13H;2H,1H2. The highest BCUT2D eigenvalue weighted by molar-refractivity contribution is 6.83. The minimum absolute atomic E-state index is 0.0388. The van der Waals surface area contributed by atoms with Gasteiger partial charge in [0.25, 0.3) is 5.24 Å². The first-order chi connectivity index (χ1) is 15.2. The quantitative estimate of drug-likeness (QED) is 0.157. The van der Waals surface area contributed by atoms with Gasteiger partial charge >= 0.3 is 0 Å². The van der Waals surface area contributed by atoms with Crippen LogP contribution in [0.1, 0.15) is 27.6 Å². The number of hydrogen-bond donors (Lipinski definition) is 4. The normalized spacial score (nSPS) is 10.1. The minimum Gasteiger partial charge on any atom is -0.360 e. The van der Waals surface area contributed by atoms with Crippen LogP contribution in [-0.4, -0.2) is 37.8 Å². The average Bonchev–Trinajstić information content (AvgIpc) is 3.40. The Balaban J connectivity index is 0.000000211. The zero-order chi connectivity index (χ0) is 24.0. The van der Waals surface area contributed by atoms with E-state index in [1.165, 1.54) is 43.6 Å². The molecule has 0 atom stereocenters. The number of Topliss-reactive ketones (excluding diaryl/α,β-unsaturated/α-hetero) is 3. The van der Waals surface area contributed by atoms with Crippen molar-refractivity contribution in [2.45, 2.75) is 6.92 Å². The third-order valence-electron chi connectivity index (χ3n) is 4.30. The number of ketones is 3. The van der Waals surface area contributed by atoms with Crippen LogP contribution in [0.4, 0.5) is 8.78 Å². The lowest BCUT2D eigenvalue weighted by molar-refractivity contribution is -0.113. The van der Waals surface area contributed by atoms with Crippen LogP contribution in [0.2, 0.25) is 0 Å². The molecule has 0 fully saturated rings. The molecule has 8 nitrogen and oxygen atoms in total. The lowest BCUT2D eigenvalue weighted by Crippen LogP contribution is -2.09. The van der Waals surface area contributed by atoms with E-state index in [9.17, 15) is 28.0 Å². The molecule has 0 unspecified atom stereocenters. The van der Waals surface area contributed by atoms with Gasteiger partial charge in [0, 0.05) is 41.1 Å². The first-order valence-corrected chi connectivity index (χ1v) is 9.16. The highest BCUT2D eigenvalue weighted by Gasteiger charge is 2.20. The van der Waals surface area contributed by atoms with Gasteiger partial charge in [-0.1, -0.05) is 12.1 Å². The molecule has 0 spiro atoms.